The van der Waals surface area contributed by atoms with Gasteiger partial charge in [0.15, 0.2) is 5.17 Å². The predicted octanol–water partition coefficient (Wildman–Crippen LogP) is 1.01. The summed E-state index contributed by atoms with van der Waals surface area (Å²) in [6.07, 6.45) is -0.620. The van der Waals surface area contributed by atoms with E-state index in [0.29, 0.717) is 0 Å². The van der Waals surface area contributed by atoms with E-state index in [0.717, 1.165) is 11.7 Å². The molecule has 0 bridgehead atoms. The molecule has 0 spiro atoms. The maximum atomic E-state index is 9.86. The van der Waals surface area contributed by atoms with E-state index >= 15 is 0 Å². The molecule has 2 N–H and O–H groups in total. The van der Waals surface area contributed by atoms with Gasteiger partial charge in [0, 0.05) is 20.8 Å². The Morgan fingerprint density at radius 3 is 2.38 bits per heavy atom. The monoisotopic (exact) mass is 378 g/mol. The van der Waals surface area contributed by atoms with Crippen LogP contribution in [-0.4, -0.2) is 77.3 Å². The molecule has 9 heteroatoms. The molecule has 0 amide bonds. The number of thioether (sulfide) groups is 2. The van der Waals surface area contributed by atoms with Gasteiger partial charge in [-0.25, -0.2) is 0 Å². The third kappa shape index (κ3) is 2.87. The lowest BCUT2D eigenvalue weighted by Crippen LogP contribution is -2.70. The Morgan fingerprint density at radius 2 is 1.83 bits per heavy atom. The van der Waals surface area contributed by atoms with Crippen LogP contribution in [0, 0.1) is 0 Å². The molecule has 2 fully saturated rings. The molecule has 0 aliphatic carbocycles. The molecule has 3 aliphatic heterocycles. The van der Waals surface area contributed by atoms with E-state index in [-0.39, 0.29) is 34.7 Å². The van der Waals surface area contributed by atoms with Gasteiger partial charge in [-0.2, -0.15) is 0 Å². The molecular formula is C15H26N2O5S2. The van der Waals surface area contributed by atoms with Gasteiger partial charge in [0.05, 0.1) is 16.4 Å². The highest BCUT2D eigenvalue weighted by Gasteiger charge is 2.62. The number of rotatable bonds is 4. The summed E-state index contributed by atoms with van der Waals surface area (Å²) in [5, 5.41) is 14.0. The van der Waals surface area contributed by atoms with Crippen LogP contribution in [0.2, 0.25) is 0 Å². The van der Waals surface area contributed by atoms with Gasteiger partial charge in [-0.1, -0.05) is 11.8 Å². The van der Waals surface area contributed by atoms with Crippen molar-refractivity contribution in [2.45, 2.75) is 60.4 Å². The molecule has 0 aromatic heterocycles. The maximum absolute atomic E-state index is 9.86. The lowest BCUT2D eigenvalue weighted by molar-refractivity contribution is -0.449. The second-order valence-corrected chi connectivity index (χ2v) is 9.08. The molecule has 0 aromatic carbocycles. The summed E-state index contributed by atoms with van der Waals surface area (Å²) < 4.78 is 24.0. The molecule has 0 saturated carbocycles. The average molecular weight is 379 g/mol. The number of aliphatic hydroxyl groups excluding tert-OH is 1. The van der Waals surface area contributed by atoms with Gasteiger partial charge in [-0.05, 0) is 20.8 Å². The molecular weight excluding hydrogens is 352 g/mol. The molecule has 24 heavy (non-hydrogen) atoms. The molecule has 0 aromatic rings. The smallest absolute Gasteiger partial charge is 0.220 e. The summed E-state index contributed by atoms with van der Waals surface area (Å²) in [5.74, 6) is -2.12. The Hall–Kier alpha value is -0.0300. The van der Waals surface area contributed by atoms with Crippen molar-refractivity contribution in [1.29, 1.82) is 0 Å². The fraction of sp³-hybridized carbons (Fsp3) is 0.933. The topological polar surface area (TPSA) is 81.5 Å². The molecule has 3 heterocycles. The van der Waals surface area contributed by atoms with Crippen molar-refractivity contribution < 1.29 is 24.1 Å². The fourth-order valence-electron chi connectivity index (χ4n) is 3.26. The summed E-state index contributed by atoms with van der Waals surface area (Å²) in [5.41, 5.74) is 0. The molecule has 138 valence electrons. The van der Waals surface area contributed by atoms with Crippen LogP contribution in [0.4, 0.5) is 0 Å². The quantitative estimate of drug-likeness (QED) is 0.750. The number of aliphatic hydroxyl groups is 1. The Balaban J connectivity index is 1.92. The standard InChI is InChI=1S/C15H26N2O5S2/c1-6-16-13-17-9-11-10(8(7-18)23-12(9)24-13)21-14(2,19-4)15(3,20-5)22-11/h8-12,18H,6-7H2,1-5H3,(H,16,17)/t8-,9-,10-,11-,12-,14+,15+/m1/s1. The highest BCUT2D eigenvalue weighted by Crippen LogP contribution is 2.51. The average Bonchev–Trinajstić information content (AvgIpc) is 2.98. The highest BCUT2D eigenvalue weighted by atomic mass is 32.2. The summed E-state index contributed by atoms with van der Waals surface area (Å²) in [6, 6.07) is -0.0577. The lowest BCUT2D eigenvalue weighted by Gasteiger charge is -2.56. The number of methoxy groups -OCH3 is 2. The van der Waals surface area contributed by atoms with Gasteiger partial charge >= 0.3 is 0 Å². The second kappa shape index (κ2) is 6.94. The zero-order valence-corrected chi connectivity index (χ0v) is 16.3. The Labute approximate surface area is 151 Å². The molecule has 2 saturated heterocycles. The number of aliphatic imine (C=N–C) groups is 1. The largest absolute Gasteiger partial charge is 0.395 e. The number of amidine groups is 1. The first kappa shape index (κ1) is 18.8. The van der Waals surface area contributed by atoms with E-state index in [4.69, 9.17) is 23.9 Å². The second-order valence-electron chi connectivity index (χ2n) is 6.26. The predicted molar refractivity (Wildman–Crippen MR) is 95.3 cm³/mol. The third-order valence-corrected chi connectivity index (χ3v) is 7.86. The maximum Gasteiger partial charge on any atom is 0.220 e. The molecule has 3 rings (SSSR count). The van der Waals surface area contributed by atoms with Gasteiger partial charge in [0.2, 0.25) is 11.6 Å². The summed E-state index contributed by atoms with van der Waals surface area (Å²) in [7, 11) is 3.15. The molecule has 0 unspecified atom stereocenters. The first-order chi connectivity index (χ1) is 11.4. The first-order valence-electron chi connectivity index (χ1n) is 8.12. The number of nitrogens with zero attached hydrogens (tertiary/aromatic N) is 1. The minimum absolute atomic E-state index is 0.0129. The fourth-order valence-corrected chi connectivity index (χ4v) is 6.35. The van der Waals surface area contributed by atoms with Crippen molar-refractivity contribution in [2.75, 3.05) is 27.4 Å². The summed E-state index contributed by atoms with van der Waals surface area (Å²) in [6.45, 7) is 6.49. The van der Waals surface area contributed by atoms with E-state index < -0.39 is 11.6 Å². The van der Waals surface area contributed by atoms with E-state index in [1.54, 1.807) is 44.7 Å². The number of hydrogen-bond donors (Lipinski definition) is 2. The highest BCUT2D eigenvalue weighted by molar-refractivity contribution is 8.25. The van der Waals surface area contributed by atoms with Crippen LogP contribution in [0.5, 0.6) is 0 Å². The number of fused-ring (bicyclic) bond motifs is 3. The van der Waals surface area contributed by atoms with Crippen LogP contribution >= 0.6 is 23.5 Å². The Bertz CT molecular complexity index is 510. The minimum Gasteiger partial charge on any atom is -0.395 e. The van der Waals surface area contributed by atoms with E-state index in [1.165, 1.54) is 0 Å². The van der Waals surface area contributed by atoms with E-state index in [9.17, 15) is 5.11 Å². The van der Waals surface area contributed by atoms with E-state index in [2.05, 4.69) is 5.32 Å². The Kier molecular flexibility index (Phi) is 5.42. The minimum atomic E-state index is -1.07. The van der Waals surface area contributed by atoms with Gasteiger partial charge in [0.25, 0.3) is 0 Å². The lowest BCUT2D eigenvalue weighted by atomic mass is 9.97. The van der Waals surface area contributed by atoms with Crippen LogP contribution in [0.1, 0.15) is 20.8 Å². The zero-order valence-electron chi connectivity index (χ0n) is 14.6. The van der Waals surface area contributed by atoms with Crippen LogP contribution < -0.4 is 5.32 Å². The van der Waals surface area contributed by atoms with Crippen LogP contribution in [0.25, 0.3) is 0 Å². The van der Waals surface area contributed by atoms with Crippen molar-refractivity contribution in [2.24, 2.45) is 4.99 Å². The number of nitrogens with one attached hydrogen (secondary N) is 1. The third-order valence-electron chi connectivity index (χ3n) is 4.94. The summed E-state index contributed by atoms with van der Waals surface area (Å²) in [4.78, 5) is 4.79. The molecule has 7 atom stereocenters. The van der Waals surface area contributed by atoms with Crippen LogP contribution in [0.15, 0.2) is 4.99 Å². The van der Waals surface area contributed by atoms with Crippen molar-refractivity contribution >= 4 is 28.7 Å². The van der Waals surface area contributed by atoms with Gasteiger partial charge in [-0.3, -0.25) is 4.99 Å². The van der Waals surface area contributed by atoms with E-state index in [1.807, 2.05) is 13.8 Å². The van der Waals surface area contributed by atoms with Crippen molar-refractivity contribution in [3.63, 3.8) is 0 Å². The molecule has 0 radical (unpaired) electrons. The normalized spacial score (nSPS) is 47.8. The van der Waals surface area contributed by atoms with Crippen LogP contribution in [-0.2, 0) is 18.9 Å². The van der Waals surface area contributed by atoms with Gasteiger partial charge < -0.3 is 29.4 Å². The number of ether oxygens (including phenoxy) is 4. The van der Waals surface area contributed by atoms with Gasteiger partial charge in [0.1, 0.15) is 18.2 Å². The Morgan fingerprint density at radius 1 is 1.21 bits per heavy atom. The van der Waals surface area contributed by atoms with Gasteiger partial charge in [-0.15, -0.1) is 11.8 Å². The summed E-state index contributed by atoms with van der Waals surface area (Å²) >= 11 is 3.38. The molecule has 7 nitrogen and oxygen atoms in total. The number of hydrogen-bond acceptors (Lipinski definition) is 9. The van der Waals surface area contributed by atoms with Crippen LogP contribution in [0.3, 0.4) is 0 Å². The van der Waals surface area contributed by atoms with Crippen molar-refractivity contribution in [3.8, 4) is 0 Å². The van der Waals surface area contributed by atoms with Crippen molar-refractivity contribution in [3.05, 3.63) is 0 Å². The SMILES string of the molecule is CCNC1=N[C@H]2[C@@H](S1)S[C@H](CO)[C@H]1O[C@](C)(OC)[C@@](C)(OC)O[C@H]21. The molecule has 3 aliphatic rings. The zero-order chi connectivity index (χ0) is 17.5. The first-order valence-corrected chi connectivity index (χ1v) is 9.94. The van der Waals surface area contributed by atoms with Crippen molar-refractivity contribution in [1.82, 2.24) is 5.32 Å².